The fourth-order valence-corrected chi connectivity index (χ4v) is 2.81. The molecule has 0 aliphatic rings. The number of halogens is 1. The second kappa shape index (κ2) is 7.30. The monoisotopic (exact) mass is 299 g/mol. The average Bonchev–Trinajstić information content (AvgIpc) is 2.40. The molecule has 1 atom stereocenters. The van der Waals surface area contributed by atoms with Gasteiger partial charge in [-0.25, -0.2) is 0 Å². The highest BCUT2D eigenvalue weighted by Gasteiger charge is 2.33. The number of hydrogen-bond donors (Lipinski definition) is 1. The quantitative estimate of drug-likeness (QED) is 0.838. The van der Waals surface area contributed by atoms with E-state index in [1.165, 1.54) is 0 Å². The molecular weight excluding hydrogens is 274 g/mol. The average molecular weight is 300 g/mol. The van der Waals surface area contributed by atoms with Crippen LogP contribution < -0.4 is 4.74 Å². The molecule has 0 aliphatic heterocycles. The zero-order valence-electron chi connectivity index (χ0n) is 13.1. The molecule has 0 fully saturated rings. The van der Waals surface area contributed by atoms with Crippen molar-refractivity contribution in [3.8, 4) is 5.75 Å². The highest BCUT2D eigenvalue weighted by molar-refractivity contribution is 6.30. The van der Waals surface area contributed by atoms with Gasteiger partial charge in [0.25, 0.3) is 0 Å². The van der Waals surface area contributed by atoms with E-state index < -0.39 is 6.10 Å². The topological polar surface area (TPSA) is 32.7 Å². The summed E-state index contributed by atoms with van der Waals surface area (Å²) in [5.74, 6) is 0.767. The predicted molar refractivity (Wildman–Crippen MR) is 84.7 cm³/mol. The smallest absolute Gasteiger partial charge is 0.122 e. The third-order valence-corrected chi connectivity index (χ3v) is 4.28. The minimum Gasteiger partial charge on any atom is -0.496 e. The van der Waals surface area contributed by atoms with Crippen LogP contribution in [-0.2, 0) is 6.42 Å². The Morgan fingerprint density at radius 3 is 2.40 bits per heavy atom. The van der Waals surface area contributed by atoms with Crippen LogP contribution in [0.25, 0.3) is 0 Å². The summed E-state index contributed by atoms with van der Waals surface area (Å²) in [6.07, 6.45) is 0.0301. The number of aliphatic hydroxyl groups excluding tert-OH is 1. The fraction of sp³-hybridized carbons (Fsp3) is 0.625. The first-order valence-electron chi connectivity index (χ1n) is 7.12. The Hall–Kier alpha value is -0.770. The Kier molecular flexibility index (Phi) is 6.31. The van der Waals surface area contributed by atoms with Crippen LogP contribution in [0.5, 0.6) is 5.75 Å². The summed E-state index contributed by atoms with van der Waals surface area (Å²) in [5.41, 5.74) is 0.643. The summed E-state index contributed by atoms with van der Waals surface area (Å²) in [7, 11) is 1.63. The molecule has 4 heteroatoms. The van der Waals surface area contributed by atoms with Crippen LogP contribution >= 0.6 is 11.6 Å². The van der Waals surface area contributed by atoms with E-state index in [0.717, 1.165) is 24.4 Å². The van der Waals surface area contributed by atoms with Crippen molar-refractivity contribution in [3.63, 3.8) is 0 Å². The van der Waals surface area contributed by atoms with E-state index in [2.05, 4.69) is 32.6 Å². The Balaban J connectivity index is 2.94. The van der Waals surface area contributed by atoms with E-state index in [-0.39, 0.29) is 5.54 Å². The molecule has 3 nitrogen and oxygen atoms in total. The summed E-state index contributed by atoms with van der Waals surface area (Å²) >= 11 is 6.04. The van der Waals surface area contributed by atoms with Crippen LogP contribution in [0.1, 0.15) is 33.3 Å². The Morgan fingerprint density at radius 2 is 1.90 bits per heavy atom. The fourth-order valence-electron chi connectivity index (χ4n) is 2.61. The van der Waals surface area contributed by atoms with Gasteiger partial charge in [-0.15, -0.1) is 0 Å². The summed E-state index contributed by atoms with van der Waals surface area (Å²) in [6, 6.07) is 5.50. The zero-order chi connectivity index (χ0) is 15.3. The zero-order valence-corrected chi connectivity index (χ0v) is 13.9. The summed E-state index contributed by atoms with van der Waals surface area (Å²) in [5, 5.41) is 11.3. The number of methoxy groups -OCH3 is 1. The van der Waals surface area contributed by atoms with Crippen LogP contribution in [0, 0.1) is 0 Å². The van der Waals surface area contributed by atoms with Gasteiger partial charge in [0.2, 0.25) is 0 Å². The largest absolute Gasteiger partial charge is 0.496 e. The molecule has 1 aromatic carbocycles. The summed E-state index contributed by atoms with van der Waals surface area (Å²) < 4.78 is 5.34. The minimum atomic E-state index is -0.491. The standard InChI is InChI=1S/C16H26ClNO2/c1-6-18(7-2)16(3,4)15(19)11-12-10-13(17)8-9-14(12)20-5/h8-10,15,19H,6-7,11H2,1-5H3. The van der Waals surface area contributed by atoms with Gasteiger partial charge in [-0.05, 0) is 50.7 Å². The van der Waals surface area contributed by atoms with Crippen LogP contribution in [0.3, 0.4) is 0 Å². The number of benzene rings is 1. The van der Waals surface area contributed by atoms with E-state index >= 15 is 0 Å². The van der Waals surface area contributed by atoms with Gasteiger partial charge in [-0.1, -0.05) is 25.4 Å². The van der Waals surface area contributed by atoms with E-state index in [9.17, 15) is 5.11 Å². The lowest BCUT2D eigenvalue weighted by atomic mass is 9.89. The molecule has 0 aromatic heterocycles. The Labute approximate surface area is 127 Å². The van der Waals surface area contributed by atoms with Crippen LogP contribution in [-0.4, -0.2) is 41.8 Å². The van der Waals surface area contributed by atoms with Gasteiger partial charge in [0.05, 0.1) is 13.2 Å². The highest BCUT2D eigenvalue weighted by atomic mass is 35.5. The van der Waals surface area contributed by atoms with E-state index in [0.29, 0.717) is 11.4 Å². The third-order valence-electron chi connectivity index (χ3n) is 4.05. The van der Waals surface area contributed by atoms with Crippen molar-refractivity contribution < 1.29 is 9.84 Å². The molecule has 1 N–H and O–H groups in total. The number of likely N-dealkylation sites (N-methyl/N-ethyl adjacent to an activating group) is 1. The Bertz CT molecular complexity index is 430. The molecule has 0 saturated carbocycles. The highest BCUT2D eigenvalue weighted by Crippen LogP contribution is 2.28. The lowest BCUT2D eigenvalue weighted by molar-refractivity contribution is -0.00439. The lowest BCUT2D eigenvalue weighted by Gasteiger charge is -2.41. The first-order chi connectivity index (χ1) is 9.36. The predicted octanol–water partition coefficient (Wildman–Crippen LogP) is 3.37. The second-order valence-electron chi connectivity index (χ2n) is 5.50. The third kappa shape index (κ3) is 3.87. The molecule has 20 heavy (non-hydrogen) atoms. The van der Waals surface area contributed by atoms with Crippen molar-refractivity contribution >= 4 is 11.6 Å². The van der Waals surface area contributed by atoms with Crippen LogP contribution in [0.2, 0.25) is 5.02 Å². The molecule has 1 aromatic rings. The van der Waals surface area contributed by atoms with Gasteiger partial charge in [0, 0.05) is 17.0 Å². The molecule has 114 valence electrons. The lowest BCUT2D eigenvalue weighted by Crippen LogP contribution is -2.53. The van der Waals surface area contributed by atoms with Crippen molar-refractivity contribution in [1.29, 1.82) is 0 Å². The molecular formula is C16H26ClNO2. The van der Waals surface area contributed by atoms with Crippen molar-refractivity contribution in [2.75, 3.05) is 20.2 Å². The maximum atomic E-state index is 10.6. The van der Waals surface area contributed by atoms with Crippen LogP contribution in [0.4, 0.5) is 0 Å². The number of aliphatic hydroxyl groups is 1. The van der Waals surface area contributed by atoms with Gasteiger partial charge in [-0.3, -0.25) is 4.90 Å². The van der Waals surface area contributed by atoms with Gasteiger partial charge >= 0.3 is 0 Å². The van der Waals surface area contributed by atoms with Crippen molar-refractivity contribution in [2.45, 2.75) is 45.8 Å². The van der Waals surface area contributed by atoms with Gasteiger partial charge in [0.1, 0.15) is 5.75 Å². The van der Waals surface area contributed by atoms with Crippen molar-refractivity contribution in [1.82, 2.24) is 4.90 Å². The number of nitrogens with zero attached hydrogens (tertiary/aromatic N) is 1. The molecule has 1 rings (SSSR count). The molecule has 0 amide bonds. The van der Waals surface area contributed by atoms with E-state index in [1.54, 1.807) is 13.2 Å². The minimum absolute atomic E-state index is 0.295. The maximum absolute atomic E-state index is 10.6. The molecule has 0 bridgehead atoms. The van der Waals surface area contributed by atoms with Gasteiger partial charge in [0.15, 0.2) is 0 Å². The molecule has 0 heterocycles. The molecule has 0 radical (unpaired) electrons. The van der Waals surface area contributed by atoms with Crippen molar-refractivity contribution in [2.24, 2.45) is 0 Å². The summed E-state index contributed by atoms with van der Waals surface area (Å²) in [6.45, 7) is 10.2. The first-order valence-corrected chi connectivity index (χ1v) is 7.50. The number of rotatable bonds is 7. The molecule has 0 saturated heterocycles. The molecule has 0 aliphatic carbocycles. The number of ether oxygens (including phenoxy) is 1. The SMILES string of the molecule is CCN(CC)C(C)(C)C(O)Cc1cc(Cl)ccc1OC. The maximum Gasteiger partial charge on any atom is 0.122 e. The number of hydrogen-bond acceptors (Lipinski definition) is 3. The van der Waals surface area contributed by atoms with Gasteiger partial charge < -0.3 is 9.84 Å². The van der Waals surface area contributed by atoms with E-state index in [1.807, 2.05) is 12.1 Å². The Morgan fingerprint density at radius 1 is 1.30 bits per heavy atom. The van der Waals surface area contributed by atoms with Crippen LogP contribution in [0.15, 0.2) is 18.2 Å². The summed E-state index contributed by atoms with van der Waals surface area (Å²) in [4.78, 5) is 2.26. The molecule has 1 unspecified atom stereocenters. The normalized spacial score (nSPS) is 13.6. The van der Waals surface area contributed by atoms with Crippen molar-refractivity contribution in [3.05, 3.63) is 28.8 Å². The molecule has 0 spiro atoms. The van der Waals surface area contributed by atoms with Gasteiger partial charge in [-0.2, -0.15) is 0 Å². The first kappa shape index (κ1) is 17.3. The van der Waals surface area contributed by atoms with E-state index in [4.69, 9.17) is 16.3 Å². The second-order valence-corrected chi connectivity index (χ2v) is 5.94.